The van der Waals surface area contributed by atoms with E-state index in [1.165, 1.54) is 12.8 Å². The molecule has 1 aromatic heterocycles. The predicted molar refractivity (Wildman–Crippen MR) is 89.2 cm³/mol. The molecule has 0 unspecified atom stereocenters. The van der Waals surface area contributed by atoms with Crippen LogP contribution in [0.25, 0.3) is 10.8 Å². The van der Waals surface area contributed by atoms with Gasteiger partial charge in [0.05, 0.1) is 10.0 Å². The number of pyridine rings is 1. The van der Waals surface area contributed by atoms with E-state index in [2.05, 4.69) is 26.2 Å². The molecule has 0 radical (unpaired) electrons. The second kappa shape index (κ2) is 6.11. The highest BCUT2D eigenvalue weighted by atomic mass is 79.9. The zero-order valence-corrected chi connectivity index (χ0v) is 14.2. The Hall–Kier alpha value is -0.840. The maximum Gasteiger partial charge on any atom is 0.270 e. The number of halogens is 3. The standard InChI is InChI=1S/C15H13BrCl2N2O/c16-10-7-11(17)13(18)9-5-6-19-14(12(9)10)15(21)20-8-3-1-2-4-8/h5-8H,1-4H2,(H,20,21). The normalized spacial score (nSPS) is 15.6. The van der Waals surface area contributed by atoms with Gasteiger partial charge < -0.3 is 5.32 Å². The van der Waals surface area contributed by atoms with Crippen LogP contribution in [-0.4, -0.2) is 16.9 Å². The van der Waals surface area contributed by atoms with E-state index in [9.17, 15) is 4.79 Å². The van der Waals surface area contributed by atoms with Crippen LogP contribution >= 0.6 is 39.1 Å². The zero-order valence-electron chi connectivity index (χ0n) is 11.1. The third-order valence-electron chi connectivity index (χ3n) is 3.79. The van der Waals surface area contributed by atoms with E-state index in [4.69, 9.17) is 23.2 Å². The molecule has 1 heterocycles. The molecule has 0 spiro atoms. The first-order valence-electron chi connectivity index (χ1n) is 6.81. The number of hydrogen-bond acceptors (Lipinski definition) is 2. The summed E-state index contributed by atoms with van der Waals surface area (Å²) in [6.45, 7) is 0. The second-order valence-corrected chi connectivity index (χ2v) is 6.83. The van der Waals surface area contributed by atoms with Gasteiger partial charge in [-0.25, -0.2) is 0 Å². The molecule has 110 valence electrons. The van der Waals surface area contributed by atoms with Gasteiger partial charge in [0.15, 0.2) is 0 Å². The van der Waals surface area contributed by atoms with Crippen LogP contribution in [0.1, 0.15) is 36.2 Å². The quantitative estimate of drug-likeness (QED) is 0.738. The van der Waals surface area contributed by atoms with Gasteiger partial charge in [-0.05, 0) is 25.0 Å². The van der Waals surface area contributed by atoms with E-state index in [-0.39, 0.29) is 11.9 Å². The van der Waals surface area contributed by atoms with Crippen molar-refractivity contribution in [2.24, 2.45) is 0 Å². The fourth-order valence-corrected chi connectivity index (χ4v) is 3.94. The molecule has 1 aliphatic rings. The first kappa shape index (κ1) is 15.1. The summed E-state index contributed by atoms with van der Waals surface area (Å²) in [6, 6.07) is 3.71. The van der Waals surface area contributed by atoms with Crippen LogP contribution in [0.3, 0.4) is 0 Å². The van der Waals surface area contributed by atoms with Crippen LogP contribution in [-0.2, 0) is 0 Å². The summed E-state index contributed by atoms with van der Waals surface area (Å²) in [5, 5.41) is 5.36. The first-order chi connectivity index (χ1) is 10.1. The van der Waals surface area contributed by atoms with Gasteiger partial charge in [0, 0.05) is 27.5 Å². The van der Waals surface area contributed by atoms with Crippen molar-refractivity contribution in [3.63, 3.8) is 0 Å². The van der Waals surface area contributed by atoms with E-state index in [1.807, 2.05) is 0 Å². The number of rotatable bonds is 2. The fourth-order valence-electron chi connectivity index (χ4n) is 2.76. The second-order valence-electron chi connectivity index (χ2n) is 5.19. The molecule has 3 rings (SSSR count). The van der Waals surface area contributed by atoms with Crippen LogP contribution in [0.2, 0.25) is 10.0 Å². The molecule has 3 nitrogen and oxygen atoms in total. The van der Waals surface area contributed by atoms with Crippen molar-refractivity contribution in [3.05, 3.63) is 38.5 Å². The third kappa shape index (κ3) is 2.89. The molecule has 0 bridgehead atoms. The van der Waals surface area contributed by atoms with Crippen molar-refractivity contribution in [2.75, 3.05) is 0 Å². The summed E-state index contributed by atoms with van der Waals surface area (Å²) in [5.41, 5.74) is 0.379. The van der Waals surface area contributed by atoms with Crippen LogP contribution in [0.5, 0.6) is 0 Å². The van der Waals surface area contributed by atoms with E-state index in [0.717, 1.165) is 22.7 Å². The monoisotopic (exact) mass is 386 g/mol. The summed E-state index contributed by atoms with van der Waals surface area (Å²) >= 11 is 15.8. The van der Waals surface area contributed by atoms with Gasteiger partial charge in [-0.1, -0.05) is 52.0 Å². The van der Waals surface area contributed by atoms with Crippen molar-refractivity contribution in [3.8, 4) is 0 Å². The molecule has 0 atom stereocenters. The van der Waals surface area contributed by atoms with Crippen molar-refractivity contribution < 1.29 is 4.79 Å². The number of hydrogen-bond donors (Lipinski definition) is 1. The minimum Gasteiger partial charge on any atom is -0.348 e. The molecule has 1 aromatic carbocycles. The number of aromatic nitrogens is 1. The van der Waals surface area contributed by atoms with Gasteiger partial charge in [-0.15, -0.1) is 0 Å². The van der Waals surface area contributed by atoms with Crippen LogP contribution in [0.15, 0.2) is 22.8 Å². The summed E-state index contributed by atoms with van der Waals surface area (Å²) in [6.07, 6.45) is 5.98. The number of amides is 1. The maximum absolute atomic E-state index is 12.5. The highest BCUT2D eigenvalue weighted by Crippen LogP contribution is 2.37. The zero-order chi connectivity index (χ0) is 15.0. The van der Waals surface area contributed by atoms with Gasteiger partial charge in [0.2, 0.25) is 0 Å². The lowest BCUT2D eigenvalue weighted by Gasteiger charge is -2.14. The molecule has 0 aliphatic heterocycles. The Morgan fingerprint density at radius 1 is 1.33 bits per heavy atom. The predicted octanol–water partition coefficient (Wildman–Crippen LogP) is 4.98. The molecule has 1 amide bonds. The smallest absolute Gasteiger partial charge is 0.270 e. The highest BCUT2D eigenvalue weighted by molar-refractivity contribution is 9.10. The van der Waals surface area contributed by atoms with Crippen molar-refractivity contribution >= 4 is 55.8 Å². The molecule has 1 fully saturated rings. The molecular weight excluding hydrogens is 375 g/mol. The van der Waals surface area contributed by atoms with E-state index >= 15 is 0 Å². The molecule has 1 N–H and O–H groups in total. The first-order valence-corrected chi connectivity index (χ1v) is 8.36. The molecule has 0 saturated heterocycles. The Balaban J connectivity index is 2.06. The van der Waals surface area contributed by atoms with Crippen LogP contribution in [0.4, 0.5) is 0 Å². The van der Waals surface area contributed by atoms with Gasteiger partial charge in [0.25, 0.3) is 5.91 Å². The Bertz CT molecular complexity index is 714. The molecule has 1 saturated carbocycles. The minimum absolute atomic E-state index is 0.161. The highest BCUT2D eigenvalue weighted by Gasteiger charge is 2.22. The maximum atomic E-state index is 12.5. The fraction of sp³-hybridized carbons (Fsp3) is 0.333. The van der Waals surface area contributed by atoms with Gasteiger partial charge in [0.1, 0.15) is 5.69 Å². The number of benzene rings is 1. The summed E-state index contributed by atoms with van der Waals surface area (Å²) in [5.74, 6) is -0.161. The minimum atomic E-state index is -0.161. The topological polar surface area (TPSA) is 42.0 Å². The van der Waals surface area contributed by atoms with E-state index in [1.54, 1.807) is 18.3 Å². The average molecular weight is 388 g/mol. The Morgan fingerprint density at radius 3 is 2.76 bits per heavy atom. The molecule has 2 aromatic rings. The number of nitrogens with zero attached hydrogens (tertiary/aromatic N) is 1. The summed E-state index contributed by atoms with van der Waals surface area (Å²) in [4.78, 5) is 16.7. The van der Waals surface area contributed by atoms with Gasteiger partial charge in [-0.2, -0.15) is 0 Å². The molecule has 1 aliphatic carbocycles. The lowest BCUT2D eigenvalue weighted by atomic mass is 10.1. The van der Waals surface area contributed by atoms with Gasteiger partial charge >= 0.3 is 0 Å². The lowest BCUT2D eigenvalue weighted by molar-refractivity contribution is 0.0934. The van der Waals surface area contributed by atoms with Crippen LogP contribution < -0.4 is 5.32 Å². The molecule has 21 heavy (non-hydrogen) atoms. The molecule has 6 heteroatoms. The lowest BCUT2D eigenvalue weighted by Crippen LogP contribution is -2.33. The summed E-state index contributed by atoms with van der Waals surface area (Å²) in [7, 11) is 0. The third-order valence-corrected chi connectivity index (χ3v) is 5.22. The largest absolute Gasteiger partial charge is 0.348 e. The average Bonchev–Trinajstić information content (AvgIpc) is 2.97. The van der Waals surface area contributed by atoms with Crippen molar-refractivity contribution in [1.29, 1.82) is 0 Å². The number of fused-ring (bicyclic) bond motifs is 1. The SMILES string of the molecule is O=C(NC1CCCC1)c1nccc2c(Cl)c(Cl)cc(Br)c12. The summed E-state index contributed by atoms with van der Waals surface area (Å²) < 4.78 is 0.719. The van der Waals surface area contributed by atoms with Gasteiger partial charge in [-0.3, -0.25) is 9.78 Å². The number of nitrogens with one attached hydrogen (secondary N) is 1. The number of carbonyl (C=O) groups is 1. The number of carbonyl (C=O) groups excluding carboxylic acids is 1. The van der Waals surface area contributed by atoms with Crippen molar-refractivity contribution in [1.82, 2.24) is 10.3 Å². The molecular formula is C15H13BrCl2N2O. The van der Waals surface area contributed by atoms with E-state index in [0.29, 0.717) is 21.1 Å². The van der Waals surface area contributed by atoms with Crippen LogP contribution in [0, 0.1) is 0 Å². The Kier molecular flexibility index (Phi) is 4.38. The Morgan fingerprint density at radius 2 is 2.05 bits per heavy atom. The Labute approximate surface area is 141 Å². The van der Waals surface area contributed by atoms with Crippen molar-refractivity contribution in [2.45, 2.75) is 31.7 Å². The van der Waals surface area contributed by atoms with E-state index < -0.39 is 0 Å².